The number of rotatable bonds is 6. The van der Waals surface area contributed by atoms with Crippen molar-refractivity contribution in [1.82, 2.24) is 0 Å². The Morgan fingerprint density at radius 1 is 1.29 bits per heavy atom. The van der Waals surface area contributed by atoms with Crippen molar-refractivity contribution in [3.63, 3.8) is 0 Å². The number of hydrogen-bond donors (Lipinski definition) is 4. The maximum Gasteiger partial charge on any atom is 0.378 e. The summed E-state index contributed by atoms with van der Waals surface area (Å²) in [7, 11) is 0. The van der Waals surface area contributed by atoms with Crippen LogP contribution in [0.4, 0.5) is 0 Å². The Kier molecular flexibility index (Phi) is 4.66. The molecule has 1 aromatic rings. The third kappa shape index (κ3) is 3.26. The Morgan fingerprint density at radius 3 is 2.67 bits per heavy atom. The van der Waals surface area contributed by atoms with Crippen LogP contribution in [0.5, 0.6) is 5.75 Å². The molecule has 0 aliphatic carbocycles. The van der Waals surface area contributed by atoms with E-state index < -0.39 is 30.5 Å². The van der Waals surface area contributed by atoms with Crippen molar-refractivity contribution in [3.05, 3.63) is 41.3 Å². The molecule has 1 heterocycles. The van der Waals surface area contributed by atoms with Gasteiger partial charge in [-0.15, -0.1) is 0 Å². The summed E-state index contributed by atoms with van der Waals surface area (Å²) in [6.45, 7) is -0.584. The van der Waals surface area contributed by atoms with E-state index in [0.717, 1.165) is 0 Å². The fourth-order valence-corrected chi connectivity index (χ4v) is 1.95. The highest BCUT2D eigenvalue weighted by atomic mass is 16.6. The molecule has 0 fully saturated rings. The summed E-state index contributed by atoms with van der Waals surface area (Å²) in [6, 6.07) is 6.69. The Bertz CT molecular complexity index is 552. The molecule has 0 saturated carbocycles. The number of aromatic hydroxyl groups is 1. The van der Waals surface area contributed by atoms with Gasteiger partial charge in [-0.3, -0.25) is 0 Å². The highest BCUT2D eigenvalue weighted by Gasteiger charge is 2.40. The summed E-state index contributed by atoms with van der Waals surface area (Å²) in [5.41, 5.74) is 0.641. The predicted molar refractivity (Wildman–Crippen MR) is 70.4 cm³/mol. The monoisotopic (exact) mass is 296 g/mol. The molecule has 0 amide bonds. The number of benzene rings is 1. The van der Waals surface area contributed by atoms with Crippen LogP contribution in [-0.2, 0) is 20.7 Å². The van der Waals surface area contributed by atoms with E-state index in [4.69, 9.17) is 14.6 Å². The topological polar surface area (TPSA) is 116 Å². The number of ether oxygens (including phenoxy) is 2. The van der Waals surface area contributed by atoms with Gasteiger partial charge in [0.25, 0.3) is 0 Å². The van der Waals surface area contributed by atoms with Gasteiger partial charge in [0.1, 0.15) is 11.9 Å². The van der Waals surface area contributed by atoms with Gasteiger partial charge in [0.2, 0.25) is 5.76 Å². The second-order valence-electron chi connectivity index (χ2n) is 4.52. The molecule has 1 aliphatic rings. The van der Waals surface area contributed by atoms with Gasteiger partial charge < -0.3 is 29.9 Å². The quantitative estimate of drug-likeness (QED) is 0.546. The first kappa shape index (κ1) is 15.1. The highest BCUT2D eigenvalue weighted by molar-refractivity contribution is 5.89. The molecule has 1 aliphatic heterocycles. The first-order valence-corrected chi connectivity index (χ1v) is 6.37. The minimum Gasteiger partial charge on any atom is -0.508 e. The van der Waals surface area contributed by atoms with E-state index in [1.807, 2.05) is 0 Å². The number of esters is 1. The van der Waals surface area contributed by atoms with Gasteiger partial charge in [0, 0.05) is 6.42 Å². The predicted octanol–water partition coefficient (Wildman–Crippen LogP) is -0.000500. The molecule has 0 saturated heterocycles. The van der Waals surface area contributed by atoms with Gasteiger partial charge in [-0.1, -0.05) is 18.2 Å². The zero-order valence-electron chi connectivity index (χ0n) is 11.1. The van der Waals surface area contributed by atoms with E-state index >= 15 is 0 Å². The molecule has 114 valence electrons. The van der Waals surface area contributed by atoms with Gasteiger partial charge in [-0.2, -0.15) is 0 Å². The Morgan fingerprint density at radius 2 is 2.00 bits per heavy atom. The molecule has 2 rings (SSSR count). The number of cyclic esters (lactones) is 1. The van der Waals surface area contributed by atoms with Gasteiger partial charge in [0.05, 0.1) is 13.2 Å². The Hall–Kier alpha value is -2.25. The van der Waals surface area contributed by atoms with E-state index in [1.165, 1.54) is 6.07 Å². The van der Waals surface area contributed by atoms with Crippen molar-refractivity contribution in [2.75, 3.05) is 13.2 Å². The van der Waals surface area contributed by atoms with Crippen molar-refractivity contribution in [2.45, 2.75) is 18.6 Å². The van der Waals surface area contributed by atoms with Crippen molar-refractivity contribution in [2.24, 2.45) is 0 Å². The second kappa shape index (κ2) is 6.47. The lowest BCUT2D eigenvalue weighted by Crippen LogP contribution is -2.32. The molecule has 21 heavy (non-hydrogen) atoms. The van der Waals surface area contributed by atoms with Crippen molar-refractivity contribution in [1.29, 1.82) is 0 Å². The number of phenolic OH excluding ortho intramolecular Hbond substituents is 1. The fourth-order valence-electron chi connectivity index (χ4n) is 1.95. The molecule has 7 nitrogen and oxygen atoms in total. The number of aliphatic hydroxyl groups is 3. The van der Waals surface area contributed by atoms with Crippen LogP contribution in [0.15, 0.2) is 35.8 Å². The number of carbonyl (C=O) groups excluding carboxylic acids is 1. The van der Waals surface area contributed by atoms with E-state index in [0.29, 0.717) is 12.0 Å². The van der Waals surface area contributed by atoms with Crippen LogP contribution in [0.1, 0.15) is 5.56 Å². The molecule has 0 radical (unpaired) electrons. The zero-order valence-corrected chi connectivity index (χ0v) is 11.1. The van der Waals surface area contributed by atoms with Crippen LogP contribution >= 0.6 is 0 Å². The number of hydrogen-bond acceptors (Lipinski definition) is 7. The molecule has 0 unspecified atom stereocenters. The highest BCUT2D eigenvalue weighted by Crippen LogP contribution is 2.25. The number of phenols is 1. The van der Waals surface area contributed by atoms with Crippen LogP contribution in [0.2, 0.25) is 0 Å². The van der Waals surface area contributed by atoms with E-state index in [9.17, 15) is 20.1 Å². The molecule has 7 heteroatoms. The summed E-state index contributed by atoms with van der Waals surface area (Å²) in [5.74, 6) is -1.82. The maximum atomic E-state index is 11.3. The lowest BCUT2D eigenvalue weighted by Gasteiger charge is -2.18. The average molecular weight is 296 g/mol. The first-order chi connectivity index (χ1) is 10.0. The minimum absolute atomic E-state index is 0.0578. The molecule has 0 bridgehead atoms. The normalized spacial score (nSPS) is 19.5. The lowest BCUT2D eigenvalue weighted by atomic mass is 10.1. The van der Waals surface area contributed by atoms with Gasteiger partial charge in [-0.05, 0) is 11.6 Å². The average Bonchev–Trinajstić information content (AvgIpc) is 2.76. The van der Waals surface area contributed by atoms with E-state index in [2.05, 4.69) is 0 Å². The first-order valence-electron chi connectivity index (χ1n) is 6.37. The lowest BCUT2D eigenvalue weighted by molar-refractivity contribution is -0.148. The molecular formula is C14H16O7. The second-order valence-corrected chi connectivity index (χ2v) is 4.52. The third-order valence-electron chi connectivity index (χ3n) is 3.08. The third-order valence-corrected chi connectivity index (χ3v) is 3.08. The summed E-state index contributed by atoms with van der Waals surface area (Å²) in [5, 5.41) is 37.6. The minimum atomic E-state index is -1.38. The van der Waals surface area contributed by atoms with Gasteiger partial charge >= 0.3 is 5.97 Å². The smallest absolute Gasteiger partial charge is 0.378 e. The summed E-state index contributed by atoms with van der Waals surface area (Å²) < 4.78 is 10.00. The maximum absolute atomic E-state index is 11.3. The number of carbonyl (C=O) groups is 1. The Labute approximate surface area is 120 Å². The van der Waals surface area contributed by atoms with Crippen LogP contribution in [0.3, 0.4) is 0 Å². The van der Waals surface area contributed by atoms with E-state index in [-0.39, 0.29) is 18.1 Å². The zero-order chi connectivity index (χ0) is 15.4. The standard InChI is InChI=1S/C14H16O7/c15-7-10(17)12-13(11(18)14(19)21-12)20-6-5-8-3-1-2-4-9(8)16/h1-4,10,12,15-18H,5-7H2/t10-,12+/m0/s1. The van der Waals surface area contributed by atoms with Crippen molar-refractivity contribution in [3.8, 4) is 5.75 Å². The summed E-state index contributed by atoms with van der Waals surface area (Å²) in [6.07, 6.45) is -2.27. The Balaban J connectivity index is 2.00. The van der Waals surface area contributed by atoms with Crippen molar-refractivity contribution >= 4 is 5.97 Å². The van der Waals surface area contributed by atoms with Crippen LogP contribution in [0, 0.1) is 0 Å². The summed E-state index contributed by atoms with van der Waals surface area (Å²) >= 11 is 0. The molecule has 2 atom stereocenters. The van der Waals surface area contributed by atoms with Crippen LogP contribution < -0.4 is 0 Å². The van der Waals surface area contributed by atoms with Crippen LogP contribution in [0.25, 0.3) is 0 Å². The summed E-state index contributed by atoms with van der Waals surface area (Å²) in [4.78, 5) is 11.3. The largest absolute Gasteiger partial charge is 0.508 e. The molecule has 1 aromatic carbocycles. The van der Waals surface area contributed by atoms with Crippen molar-refractivity contribution < 1.29 is 34.7 Å². The van der Waals surface area contributed by atoms with E-state index in [1.54, 1.807) is 18.2 Å². The number of aliphatic hydroxyl groups excluding tert-OH is 3. The molecule has 0 aromatic heterocycles. The molecule has 0 spiro atoms. The number of para-hydroxylation sites is 1. The molecular weight excluding hydrogens is 280 g/mol. The van der Waals surface area contributed by atoms with Crippen LogP contribution in [-0.4, -0.2) is 51.8 Å². The SMILES string of the molecule is O=C1O[C@H]([C@@H](O)CO)C(OCCc2ccccc2O)=C1O. The fraction of sp³-hybridized carbons (Fsp3) is 0.357. The van der Waals surface area contributed by atoms with Gasteiger partial charge in [-0.25, -0.2) is 4.79 Å². The van der Waals surface area contributed by atoms with Gasteiger partial charge in [0.15, 0.2) is 11.9 Å². The molecule has 4 N–H and O–H groups in total.